The summed E-state index contributed by atoms with van der Waals surface area (Å²) in [4.78, 5) is 6.28. The fourth-order valence-electron chi connectivity index (χ4n) is 6.56. The number of nitrogens with zero attached hydrogens (tertiary/aromatic N) is 3. The SMILES string of the molecule is CC(C)(C)[Si](C)(C)O[C@@H]1CO[C@H]2[C@@H]1OC[C@H]2Oc1c(S(C)(=O)=O)c2nc(-c3c(F)cc(N4CCOCC4)cc3F)ccc2n1COCC[Si](C)(C)C. The number of benzene rings is 1. The van der Waals surface area contributed by atoms with Gasteiger partial charge >= 0.3 is 0 Å². The Morgan fingerprint density at radius 3 is 2.17 bits per heavy atom. The van der Waals surface area contributed by atoms with Gasteiger partial charge < -0.3 is 33.0 Å². The minimum absolute atomic E-state index is 0.0111. The summed E-state index contributed by atoms with van der Waals surface area (Å²) in [5.41, 5.74) is 0.430. The average molecular weight is 782 g/mol. The van der Waals surface area contributed by atoms with Crippen LogP contribution in [0.5, 0.6) is 5.88 Å². The Morgan fingerprint density at radius 1 is 0.962 bits per heavy atom. The molecular weight excluding hydrogens is 729 g/mol. The van der Waals surface area contributed by atoms with E-state index in [0.717, 1.165) is 12.3 Å². The summed E-state index contributed by atoms with van der Waals surface area (Å²) in [6, 6.07) is 6.55. The Morgan fingerprint density at radius 2 is 1.58 bits per heavy atom. The third-order valence-corrected chi connectivity index (χ3v) is 17.9. The molecule has 0 radical (unpaired) electrons. The predicted octanol–water partition coefficient (Wildman–Crippen LogP) is 6.47. The number of fused-ring (bicyclic) bond motifs is 2. The lowest BCUT2D eigenvalue weighted by atomic mass is 10.1. The maximum atomic E-state index is 15.7. The van der Waals surface area contributed by atoms with Gasteiger partial charge in [-0.25, -0.2) is 22.2 Å². The number of pyridine rings is 1. The zero-order valence-electron chi connectivity index (χ0n) is 31.8. The first-order valence-corrected chi connectivity index (χ1v) is 26.5. The fraction of sp³-hybridized carbons (Fsp3) is 0.639. The summed E-state index contributed by atoms with van der Waals surface area (Å²) in [6.07, 6.45) is -0.763. The highest BCUT2D eigenvalue weighted by Crippen LogP contribution is 2.43. The molecule has 0 unspecified atom stereocenters. The van der Waals surface area contributed by atoms with Crippen LogP contribution in [0.25, 0.3) is 22.3 Å². The maximum Gasteiger partial charge on any atom is 0.217 e. The molecule has 0 aliphatic carbocycles. The van der Waals surface area contributed by atoms with Crippen LogP contribution in [0, 0.1) is 11.6 Å². The van der Waals surface area contributed by atoms with E-state index in [0.29, 0.717) is 50.7 Å². The van der Waals surface area contributed by atoms with Crippen molar-refractivity contribution in [2.75, 3.05) is 57.3 Å². The Bertz CT molecular complexity index is 1870. The molecule has 11 nitrogen and oxygen atoms in total. The fourth-order valence-corrected chi connectivity index (χ4v) is 9.61. The molecule has 0 amide bonds. The van der Waals surface area contributed by atoms with E-state index in [2.05, 4.69) is 58.5 Å². The first-order valence-electron chi connectivity index (χ1n) is 18.0. The van der Waals surface area contributed by atoms with Crippen LogP contribution in [0.3, 0.4) is 0 Å². The van der Waals surface area contributed by atoms with Crippen LogP contribution in [0.2, 0.25) is 43.8 Å². The van der Waals surface area contributed by atoms with Gasteiger partial charge in [0.25, 0.3) is 0 Å². The lowest BCUT2D eigenvalue weighted by Gasteiger charge is -2.39. The quantitative estimate of drug-likeness (QED) is 0.150. The van der Waals surface area contributed by atoms with E-state index >= 15 is 8.78 Å². The van der Waals surface area contributed by atoms with Crippen LogP contribution in [-0.2, 0) is 39.9 Å². The second kappa shape index (κ2) is 14.7. The number of halogens is 2. The molecule has 0 bridgehead atoms. The van der Waals surface area contributed by atoms with Crippen molar-refractivity contribution < 1.29 is 45.3 Å². The molecule has 3 aliphatic rings. The zero-order chi connectivity index (χ0) is 37.8. The number of hydrogen-bond acceptors (Lipinski definition) is 10. The molecule has 3 saturated heterocycles. The summed E-state index contributed by atoms with van der Waals surface area (Å²) in [7, 11) is -7.59. The Labute approximate surface area is 307 Å². The van der Waals surface area contributed by atoms with Crippen molar-refractivity contribution in [1.82, 2.24) is 9.55 Å². The number of hydrogen-bond donors (Lipinski definition) is 0. The molecule has 52 heavy (non-hydrogen) atoms. The monoisotopic (exact) mass is 781 g/mol. The Hall–Kier alpha value is -2.45. The van der Waals surface area contributed by atoms with Crippen LogP contribution in [-0.4, -0.2) is 111 Å². The largest absolute Gasteiger partial charge is 0.469 e. The van der Waals surface area contributed by atoms with Crippen molar-refractivity contribution in [3.63, 3.8) is 0 Å². The molecule has 0 N–H and O–H groups in total. The van der Waals surface area contributed by atoms with Gasteiger partial charge in [-0.1, -0.05) is 40.4 Å². The van der Waals surface area contributed by atoms with Crippen LogP contribution < -0.4 is 9.64 Å². The van der Waals surface area contributed by atoms with Gasteiger partial charge in [-0.05, 0) is 48.4 Å². The average Bonchev–Trinajstić information content (AvgIpc) is 3.71. The summed E-state index contributed by atoms with van der Waals surface area (Å²) < 4.78 is 97.6. The topological polar surface area (TPSA) is 111 Å². The normalized spacial score (nSPS) is 23.1. The molecule has 3 aliphatic heterocycles. The number of anilines is 1. The van der Waals surface area contributed by atoms with Crippen molar-refractivity contribution in [1.29, 1.82) is 0 Å². The maximum absolute atomic E-state index is 15.7. The third-order valence-electron chi connectivity index (χ3n) is 10.5. The minimum atomic E-state index is -4.01. The second-order valence-corrected chi connectivity index (χ2v) is 29.1. The van der Waals surface area contributed by atoms with Crippen molar-refractivity contribution in [3.05, 3.63) is 35.9 Å². The molecule has 6 rings (SSSR count). The first kappa shape index (κ1) is 39.3. The summed E-state index contributed by atoms with van der Waals surface area (Å²) in [6.45, 7) is 20.5. The predicted molar refractivity (Wildman–Crippen MR) is 201 cm³/mol. The van der Waals surface area contributed by atoms with Crippen molar-refractivity contribution in [2.24, 2.45) is 0 Å². The number of aromatic nitrogens is 2. The van der Waals surface area contributed by atoms with Gasteiger partial charge in [0.05, 0.1) is 49.3 Å². The van der Waals surface area contributed by atoms with Crippen LogP contribution in [0.4, 0.5) is 14.5 Å². The van der Waals surface area contributed by atoms with Gasteiger partial charge in [0, 0.05) is 39.7 Å². The van der Waals surface area contributed by atoms with E-state index in [9.17, 15) is 8.42 Å². The molecule has 3 aromatic rings. The highest BCUT2D eigenvalue weighted by molar-refractivity contribution is 7.91. The van der Waals surface area contributed by atoms with E-state index in [1.807, 2.05) is 4.90 Å². The van der Waals surface area contributed by atoms with Gasteiger partial charge in [-0.3, -0.25) is 4.57 Å². The molecule has 5 heterocycles. The number of sulfone groups is 1. The Kier molecular flexibility index (Phi) is 11.1. The number of ether oxygens (including phenoxy) is 5. The lowest BCUT2D eigenvalue weighted by molar-refractivity contribution is 0.00754. The molecule has 0 saturated carbocycles. The van der Waals surface area contributed by atoms with E-state index in [1.165, 1.54) is 18.2 Å². The molecule has 2 aromatic heterocycles. The van der Waals surface area contributed by atoms with Crippen molar-refractivity contribution in [2.45, 2.75) is 101 Å². The highest BCUT2D eigenvalue weighted by Gasteiger charge is 2.53. The number of rotatable bonds is 12. The van der Waals surface area contributed by atoms with Gasteiger partial charge in [0.1, 0.15) is 36.1 Å². The molecule has 3 fully saturated rings. The van der Waals surface area contributed by atoms with Gasteiger partial charge in [-0.2, -0.15) is 0 Å². The zero-order valence-corrected chi connectivity index (χ0v) is 34.6. The van der Waals surface area contributed by atoms with Crippen LogP contribution in [0.1, 0.15) is 20.8 Å². The summed E-state index contributed by atoms with van der Waals surface area (Å²) >= 11 is 0. The second-order valence-electron chi connectivity index (χ2n) is 16.8. The molecule has 1 aromatic carbocycles. The molecule has 0 spiro atoms. The highest BCUT2D eigenvalue weighted by atomic mass is 32.2. The Balaban J connectivity index is 1.38. The summed E-state index contributed by atoms with van der Waals surface area (Å²) in [5, 5.41) is -0.0111. The van der Waals surface area contributed by atoms with Crippen LogP contribution in [0.15, 0.2) is 29.2 Å². The smallest absolute Gasteiger partial charge is 0.217 e. The van der Waals surface area contributed by atoms with E-state index in [4.69, 9.17) is 28.1 Å². The van der Waals surface area contributed by atoms with E-state index < -0.39 is 50.1 Å². The number of morpholine rings is 1. The van der Waals surface area contributed by atoms with Gasteiger partial charge in [-0.15, -0.1) is 0 Å². The van der Waals surface area contributed by atoms with Crippen molar-refractivity contribution >= 4 is 42.9 Å². The summed E-state index contributed by atoms with van der Waals surface area (Å²) in [5.74, 6) is -1.59. The molecular formula is C36H53F2N3O8SSi2. The van der Waals surface area contributed by atoms with Crippen LogP contribution >= 0.6 is 0 Å². The first-order chi connectivity index (χ1) is 24.2. The van der Waals surface area contributed by atoms with E-state index in [1.54, 1.807) is 10.6 Å². The van der Waals surface area contributed by atoms with Gasteiger partial charge in [0.2, 0.25) is 5.88 Å². The standard InChI is InChI=1S/C36H53F2N3O8SSi2/c1-36(2,3)52(8,9)49-29-21-47-32-28(20-46-33(29)32)48-35-34(50(4,42)43)31-27(41(35)22-45-16-17-51(5,6)7)11-10-26(39-31)30-24(37)18-23(19-25(30)38)40-12-14-44-15-13-40/h10-11,18-19,28-29,32-33H,12-17,20-22H2,1-9H3/t28-,29-,32-,33-/m1/s1. The minimum Gasteiger partial charge on any atom is -0.469 e. The molecule has 4 atom stereocenters. The van der Waals surface area contributed by atoms with Gasteiger partial charge in [0.15, 0.2) is 29.2 Å². The molecule has 288 valence electrons. The molecule has 16 heteroatoms. The van der Waals surface area contributed by atoms with Crippen molar-refractivity contribution in [3.8, 4) is 17.1 Å². The van der Waals surface area contributed by atoms with E-state index in [-0.39, 0.29) is 58.1 Å². The lowest BCUT2D eigenvalue weighted by Crippen LogP contribution is -2.47. The third kappa shape index (κ3) is 8.14.